The fourth-order valence-electron chi connectivity index (χ4n) is 5.20. The van der Waals surface area contributed by atoms with Crippen LogP contribution in [-0.4, -0.2) is 72.9 Å². The van der Waals surface area contributed by atoms with Crippen molar-refractivity contribution in [3.63, 3.8) is 0 Å². The van der Waals surface area contributed by atoms with Crippen LogP contribution < -0.4 is 18.7 Å². The molecule has 2 heterocycles. The maximum atomic E-state index is 15.9. The zero-order chi connectivity index (χ0) is 30.8. The first kappa shape index (κ1) is 31.6. The number of pyridine rings is 1. The highest BCUT2D eigenvalue weighted by Gasteiger charge is 2.41. The van der Waals surface area contributed by atoms with Crippen LogP contribution in [0.25, 0.3) is 0 Å². The Morgan fingerprint density at radius 3 is 2.45 bits per heavy atom. The molecule has 1 saturated heterocycles. The largest absolute Gasteiger partial charge is 0.497 e. The summed E-state index contributed by atoms with van der Waals surface area (Å²) in [5.41, 5.74) is -0.592. The molecule has 1 fully saturated rings. The van der Waals surface area contributed by atoms with Gasteiger partial charge in [-0.25, -0.2) is 26.5 Å². The lowest BCUT2D eigenvalue weighted by atomic mass is 9.88. The van der Waals surface area contributed by atoms with Gasteiger partial charge in [0.05, 0.1) is 33.1 Å². The number of alkyl halides is 1. The molecule has 228 valence electrons. The Kier molecular flexibility index (Phi) is 9.43. The molecule has 1 atom stereocenters. The van der Waals surface area contributed by atoms with Gasteiger partial charge in [-0.1, -0.05) is 17.7 Å². The minimum atomic E-state index is -5.08. The molecule has 14 heteroatoms. The van der Waals surface area contributed by atoms with Crippen molar-refractivity contribution >= 4 is 33.1 Å². The summed E-state index contributed by atoms with van der Waals surface area (Å²) in [4.78, 5) is 5.69. The third kappa shape index (κ3) is 6.23. The molecule has 8 nitrogen and oxygen atoms in total. The quantitative estimate of drug-likeness (QED) is 0.162. The van der Waals surface area contributed by atoms with Gasteiger partial charge >= 0.3 is 0 Å². The lowest BCUT2D eigenvalue weighted by molar-refractivity contribution is 0.170. The van der Waals surface area contributed by atoms with Crippen LogP contribution >= 0.6 is 11.6 Å². The summed E-state index contributed by atoms with van der Waals surface area (Å²) in [6.07, 6.45) is 0.407. The van der Waals surface area contributed by atoms with Crippen LogP contribution in [-0.2, 0) is 16.6 Å². The Morgan fingerprint density at radius 1 is 1.10 bits per heavy atom. The zero-order valence-electron chi connectivity index (χ0n) is 23.5. The maximum absolute atomic E-state index is 15.9. The summed E-state index contributed by atoms with van der Waals surface area (Å²) in [5.74, 6) is -3.75. The molecular formula is C28H31ClF4N4O4S. The first-order valence-electron chi connectivity index (χ1n) is 12.8. The summed E-state index contributed by atoms with van der Waals surface area (Å²) in [5, 5.41) is -0.635. The number of nitrogens with zero attached hydrogens (tertiary/aromatic N) is 4. The first-order valence-corrected chi connectivity index (χ1v) is 14.7. The molecular weight excluding hydrogens is 600 g/mol. The molecule has 3 aromatic rings. The lowest BCUT2D eigenvalue weighted by Gasteiger charge is -2.30. The number of anilines is 2. The summed E-state index contributed by atoms with van der Waals surface area (Å²) in [6, 6.07) is 8.77. The Balaban J connectivity index is 1.79. The molecule has 0 radical (unpaired) electrons. The molecule has 1 aliphatic heterocycles. The topological polar surface area (TPSA) is 75.2 Å². The van der Waals surface area contributed by atoms with E-state index in [2.05, 4.69) is 4.98 Å². The van der Waals surface area contributed by atoms with Crippen molar-refractivity contribution in [1.29, 1.82) is 0 Å². The molecule has 42 heavy (non-hydrogen) atoms. The second-order valence-electron chi connectivity index (χ2n) is 10.4. The lowest BCUT2D eigenvalue weighted by Crippen LogP contribution is -2.38. The van der Waals surface area contributed by atoms with Crippen LogP contribution in [0.5, 0.6) is 11.5 Å². The van der Waals surface area contributed by atoms with Crippen LogP contribution in [0.3, 0.4) is 0 Å². The SMILES string of the molecule is COc1ccc(CN(c2cccc(F)n2)S(=O)(=O)c2c(F)cc(N3CCC(CF)(CN(C)C)C3)c(Cl)c2F)c(OC)c1. The fraction of sp³-hybridized carbons (Fsp3) is 0.393. The van der Waals surface area contributed by atoms with Gasteiger partial charge in [0.15, 0.2) is 10.7 Å². The van der Waals surface area contributed by atoms with Gasteiger partial charge in [-0.2, -0.15) is 4.39 Å². The Labute approximate surface area is 247 Å². The summed E-state index contributed by atoms with van der Waals surface area (Å²) in [6.45, 7) is -0.386. The second-order valence-corrected chi connectivity index (χ2v) is 12.6. The minimum absolute atomic E-state index is 0.0908. The average molecular weight is 631 g/mol. The zero-order valence-corrected chi connectivity index (χ0v) is 25.1. The molecule has 0 aliphatic carbocycles. The van der Waals surface area contributed by atoms with Gasteiger partial charge in [-0.3, -0.25) is 4.39 Å². The Hall–Kier alpha value is -3.29. The number of methoxy groups -OCH3 is 2. The molecule has 1 aliphatic rings. The molecule has 0 saturated carbocycles. The van der Waals surface area contributed by atoms with E-state index in [9.17, 15) is 17.2 Å². The predicted octanol–water partition coefficient (Wildman–Crippen LogP) is 5.29. The van der Waals surface area contributed by atoms with Crippen molar-refractivity contribution in [3.8, 4) is 11.5 Å². The monoisotopic (exact) mass is 630 g/mol. The highest BCUT2D eigenvalue weighted by atomic mass is 35.5. The molecule has 2 aromatic carbocycles. The van der Waals surface area contributed by atoms with E-state index in [-0.39, 0.29) is 30.1 Å². The van der Waals surface area contributed by atoms with Crippen LogP contribution in [0.2, 0.25) is 5.02 Å². The number of aromatic nitrogens is 1. The van der Waals surface area contributed by atoms with E-state index in [1.807, 2.05) is 4.90 Å². The molecule has 0 amide bonds. The second kappa shape index (κ2) is 12.5. The van der Waals surface area contributed by atoms with Gasteiger partial charge in [0.1, 0.15) is 28.2 Å². The number of halogens is 5. The minimum Gasteiger partial charge on any atom is -0.497 e. The van der Waals surface area contributed by atoms with Crippen LogP contribution in [0.4, 0.5) is 29.1 Å². The molecule has 0 spiro atoms. The van der Waals surface area contributed by atoms with E-state index >= 15 is 8.78 Å². The van der Waals surface area contributed by atoms with Crippen molar-refractivity contribution < 1.29 is 35.5 Å². The molecule has 1 aromatic heterocycles. The molecule has 4 rings (SSSR count). The van der Waals surface area contributed by atoms with E-state index in [0.717, 1.165) is 12.1 Å². The fourth-order valence-corrected chi connectivity index (χ4v) is 7.03. The Bertz CT molecular complexity index is 1560. The number of ether oxygens (including phenoxy) is 2. The smallest absolute Gasteiger partial charge is 0.271 e. The van der Waals surface area contributed by atoms with Crippen LogP contribution in [0, 0.1) is 23.0 Å². The van der Waals surface area contributed by atoms with Crippen molar-refractivity contribution in [2.75, 3.05) is 63.8 Å². The third-order valence-corrected chi connectivity index (χ3v) is 9.27. The van der Waals surface area contributed by atoms with Gasteiger partial charge in [0.2, 0.25) is 5.95 Å². The number of sulfonamides is 1. The Morgan fingerprint density at radius 2 is 1.83 bits per heavy atom. The van der Waals surface area contributed by atoms with Crippen LogP contribution in [0.1, 0.15) is 12.0 Å². The van der Waals surface area contributed by atoms with Crippen molar-refractivity contribution in [2.24, 2.45) is 5.41 Å². The van der Waals surface area contributed by atoms with Gasteiger partial charge in [-0.15, -0.1) is 0 Å². The number of hydrogen-bond donors (Lipinski definition) is 0. The van der Waals surface area contributed by atoms with E-state index in [1.54, 1.807) is 19.0 Å². The molecule has 0 bridgehead atoms. The maximum Gasteiger partial charge on any atom is 0.271 e. The summed E-state index contributed by atoms with van der Waals surface area (Å²) in [7, 11) is 1.30. The normalized spacial score (nSPS) is 17.1. The molecule has 1 unspecified atom stereocenters. The van der Waals surface area contributed by atoms with Gasteiger partial charge in [-0.05, 0) is 44.8 Å². The van der Waals surface area contributed by atoms with Gasteiger partial charge in [0, 0.05) is 42.7 Å². The average Bonchev–Trinajstić information content (AvgIpc) is 3.36. The summed E-state index contributed by atoms with van der Waals surface area (Å²) < 4.78 is 98.8. The highest BCUT2D eigenvalue weighted by molar-refractivity contribution is 7.92. The standard InChI is InChI=1S/C28H31ClF4N4O4S/c1-35(2)16-28(15-30)10-11-36(17-28)21-13-20(31)27(26(33)25(21)29)42(38,39)37(24-7-5-6-23(32)34-24)14-18-8-9-19(40-3)12-22(18)41-4/h5-9,12-13H,10-11,14-17H2,1-4H3. The third-order valence-electron chi connectivity index (χ3n) is 7.12. The van der Waals surface area contributed by atoms with Gasteiger partial charge < -0.3 is 19.3 Å². The van der Waals surface area contributed by atoms with E-state index in [1.165, 1.54) is 44.6 Å². The molecule has 0 N–H and O–H groups in total. The predicted molar refractivity (Wildman–Crippen MR) is 152 cm³/mol. The highest BCUT2D eigenvalue weighted by Crippen LogP contribution is 2.42. The first-order chi connectivity index (χ1) is 19.9. The van der Waals surface area contributed by atoms with Crippen LogP contribution in [0.15, 0.2) is 47.4 Å². The van der Waals surface area contributed by atoms with Gasteiger partial charge in [0.25, 0.3) is 10.0 Å². The number of benzene rings is 2. The summed E-state index contributed by atoms with van der Waals surface area (Å²) >= 11 is 6.34. The van der Waals surface area contributed by atoms with E-state index in [4.69, 9.17) is 21.1 Å². The van der Waals surface area contributed by atoms with Crippen molar-refractivity contribution in [1.82, 2.24) is 9.88 Å². The van der Waals surface area contributed by atoms with Crippen molar-refractivity contribution in [3.05, 3.63) is 70.6 Å². The van der Waals surface area contributed by atoms with Crippen molar-refractivity contribution in [2.45, 2.75) is 17.9 Å². The van der Waals surface area contributed by atoms with E-state index in [0.29, 0.717) is 23.0 Å². The number of hydrogen-bond acceptors (Lipinski definition) is 7. The van der Waals surface area contributed by atoms with E-state index < -0.39 is 62.0 Å². The number of rotatable bonds is 11.